The van der Waals surface area contributed by atoms with Crippen LogP contribution in [0.5, 0.6) is 5.75 Å². The van der Waals surface area contributed by atoms with Crippen molar-refractivity contribution in [3.63, 3.8) is 0 Å². The molecule has 0 bridgehead atoms. The van der Waals surface area contributed by atoms with E-state index in [1.54, 1.807) is 11.8 Å². The number of alkyl halides is 4. The highest BCUT2D eigenvalue weighted by atomic mass is 32.2. The number of urea groups is 1. The van der Waals surface area contributed by atoms with E-state index in [1.807, 2.05) is 30.5 Å². The number of anilines is 1. The van der Waals surface area contributed by atoms with E-state index in [0.29, 0.717) is 0 Å². The van der Waals surface area contributed by atoms with Crippen molar-refractivity contribution in [1.29, 1.82) is 0 Å². The molecular formula is C17H14F4N2O3S. The lowest BCUT2D eigenvalue weighted by molar-refractivity contribution is -0.461. The molecule has 10 heteroatoms. The van der Waals surface area contributed by atoms with Gasteiger partial charge in [0.1, 0.15) is 5.75 Å². The number of thioether (sulfide) groups is 1. The summed E-state index contributed by atoms with van der Waals surface area (Å²) < 4.78 is 60.9. The van der Waals surface area contributed by atoms with Gasteiger partial charge in [0.05, 0.1) is 5.56 Å². The molecule has 1 aliphatic heterocycles. The van der Waals surface area contributed by atoms with Gasteiger partial charge in [-0.05, 0) is 42.2 Å². The second-order valence-corrected chi connectivity index (χ2v) is 6.43. The molecule has 1 heterocycles. The monoisotopic (exact) mass is 402 g/mol. The predicted molar refractivity (Wildman–Crippen MR) is 91.1 cm³/mol. The fourth-order valence-corrected chi connectivity index (χ4v) is 2.79. The van der Waals surface area contributed by atoms with Crippen molar-refractivity contribution < 1.29 is 31.8 Å². The van der Waals surface area contributed by atoms with Crippen LogP contribution < -0.4 is 15.4 Å². The van der Waals surface area contributed by atoms with Crippen molar-refractivity contribution in [2.75, 3.05) is 11.6 Å². The lowest BCUT2D eigenvalue weighted by Crippen LogP contribution is -2.41. The van der Waals surface area contributed by atoms with Gasteiger partial charge in [-0.3, -0.25) is 0 Å². The summed E-state index contributed by atoms with van der Waals surface area (Å²) >= 11 is 1.59. The number of carbonyl (C=O) groups is 1. The van der Waals surface area contributed by atoms with Crippen LogP contribution in [-0.2, 0) is 17.4 Å². The van der Waals surface area contributed by atoms with Crippen LogP contribution in [-0.4, -0.2) is 18.6 Å². The van der Waals surface area contributed by atoms with Gasteiger partial charge in [0, 0.05) is 17.1 Å². The minimum atomic E-state index is -4.44. The van der Waals surface area contributed by atoms with E-state index in [1.165, 1.54) is 6.07 Å². The normalized spacial score (nSPS) is 16.8. The Kier molecular flexibility index (Phi) is 5.20. The molecule has 5 nitrogen and oxygen atoms in total. The number of rotatable bonds is 4. The van der Waals surface area contributed by atoms with Crippen molar-refractivity contribution in [2.24, 2.45) is 0 Å². The number of nitrogens with one attached hydrogen (secondary N) is 2. The maximum absolute atomic E-state index is 13.7. The SMILES string of the molecule is CSc1ccc(CNC(=O)Nc2ccc3c(c2)C(F)(F)OC(F)(F)O3)cc1. The Balaban J connectivity index is 1.65. The Labute approximate surface area is 156 Å². The molecule has 0 unspecified atom stereocenters. The van der Waals surface area contributed by atoms with Gasteiger partial charge in [-0.25, -0.2) is 9.53 Å². The predicted octanol–water partition coefficient (Wildman–Crippen LogP) is 4.74. The number of ether oxygens (including phenoxy) is 2. The maximum atomic E-state index is 13.7. The van der Waals surface area contributed by atoms with Crippen LogP contribution in [0.3, 0.4) is 0 Å². The molecule has 0 saturated carbocycles. The molecule has 27 heavy (non-hydrogen) atoms. The Morgan fingerprint density at radius 3 is 2.48 bits per heavy atom. The van der Waals surface area contributed by atoms with Crippen molar-refractivity contribution in [3.05, 3.63) is 53.6 Å². The Morgan fingerprint density at radius 1 is 1.11 bits per heavy atom. The molecule has 144 valence electrons. The summed E-state index contributed by atoms with van der Waals surface area (Å²) in [6, 6.07) is 9.76. The highest BCUT2D eigenvalue weighted by Gasteiger charge is 2.54. The third kappa shape index (κ3) is 4.64. The zero-order valence-corrected chi connectivity index (χ0v) is 14.7. The number of benzene rings is 2. The van der Waals surface area contributed by atoms with Crippen molar-refractivity contribution in [3.8, 4) is 5.75 Å². The van der Waals surface area contributed by atoms with Gasteiger partial charge in [0.15, 0.2) is 0 Å². The van der Waals surface area contributed by atoms with Crippen molar-refractivity contribution in [1.82, 2.24) is 5.32 Å². The summed E-state index contributed by atoms with van der Waals surface area (Å²) in [5.41, 5.74) is -0.0797. The minimum absolute atomic E-state index is 0.0268. The van der Waals surface area contributed by atoms with E-state index in [0.717, 1.165) is 22.6 Å². The highest BCUT2D eigenvalue weighted by molar-refractivity contribution is 7.98. The molecule has 2 aromatic rings. The van der Waals surface area contributed by atoms with Gasteiger partial charge in [-0.1, -0.05) is 12.1 Å². The lowest BCUT2D eigenvalue weighted by Gasteiger charge is -2.30. The second kappa shape index (κ2) is 7.28. The first-order chi connectivity index (χ1) is 12.7. The second-order valence-electron chi connectivity index (χ2n) is 5.55. The van der Waals surface area contributed by atoms with Crippen molar-refractivity contribution in [2.45, 2.75) is 23.8 Å². The van der Waals surface area contributed by atoms with E-state index in [9.17, 15) is 22.4 Å². The summed E-state index contributed by atoms with van der Waals surface area (Å²) in [4.78, 5) is 13.0. The zero-order valence-electron chi connectivity index (χ0n) is 13.9. The largest absolute Gasteiger partial charge is 0.540 e. The number of carbonyl (C=O) groups excluding carboxylic acids is 1. The quantitative estimate of drug-likeness (QED) is 0.573. The summed E-state index contributed by atoms with van der Waals surface area (Å²) in [5, 5.41) is 4.93. The van der Waals surface area contributed by atoms with E-state index >= 15 is 0 Å². The lowest BCUT2D eigenvalue weighted by atomic mass is 10.1. The Bertz CT molecular complexity index is 847. The number of amides is 2. The molecule has 2 aromatic carbocycles. The van der Waals surface area contributed by atoms with Crippen LogP contribution in [0.1, 0.15) is 11.1 Å². The van der Waals surface area contributed by atoms with Crippen molar-refractivity contribution >= 4 is 23.5 Å². The van der Waals surface area contributed by atoms with E-state index in [4.69, 9.17) is 0 Å². The van der Waals surface area contributed by atoms with E-state index in [-0.39, 0.29) is 12.2 Å². The topological polar surface area (TPSA) is 59.6 Å². The Hall–Kier alpha value is -2.46. The van der Waals surface area contributed by atoms with Crippen LogP contribution in [0, 0.1) is 0 Å². The third-order valence-electron chi connectivity index (χ3n) is 3.64. The van der Waals surface area contributed by atoms with Crippen LogP contribution in [0.4, 0.5) is 28.0 Å². The first kappa shape index (κ1) is 19.3. The summed E-state index contributed by atoms with van der Waals surface area (Å²) in [6.45, 7) is 0.222. The average molecular weight is 402 g/mol. The van der Waals surface area contributed by atoms with E-state index in [2.05, 4.69) is 20.1 Å². The standard InChI is InChI=1S/C17H14F4N2O3S/c1-27-12-5-2-10(3-6-12)9-22-15(24)23-11-4-7-14-13(8-11)16(18,19)26-17(20,21)25-14/h2-8H,9H2,1H3,(H2,22,23,24). The number of hydrogen-bond donors (Lipinski definition) is 2. The smallest absolute Gasteiger partial charge is 0.409 e. The van der Waals surface area contributed by atoms with Crippen LogP contribution >= 0.6 is 11.8 Å². The van der Waals surface area contributed by atoms with Gasteiger partial charge in [-0.2, -0.15) is 8.78 Å². The van der Waals surface area contributed by atoms with Crippen LogP contribution in [0.25, 0.3) is 0 Å². The molecule has 3 rings (SSSR count). The molecule has 0 aromatic heterocycles. The first-order valence-electron chi connectivity index (χ1n) is 7.66. The molecule has 0 aliphatic carbocycles. The zero-order chi connectivity index (χ0) is 19.7. The highest BCUT2D eigenvalue weighted by Crippen LogP contribution is 2.46. The fourth-order valence-electron chi connectivity index (χ4n) is 2.38. The molecule has 0 saturated heterocycles. The van der Waals surface area contributed by atoms with Gasteiger partial charge >= 0.3 is 18.4 Å². The molecular weight excluding hydrogens is 388 g/mol. The fraction of sp³-hybridized carbons (Fsp3) is 0.235. The minimum Gasteiger partial charge on any atom is -0.409 e. The maximum Gasteiger partial charge on any atom is 0.540 e. The summed E-state index contributed by atoms with van der Waals surface area (Å²) in [7, 11) is 0. The average Bonchev–Trinajstić information content (AvgIpc) is 2.59. The van der Waals surface area contributed by atoms with E-state index < -0.39 is 29.7 Å². The molecule has 0 radical (unpaired) electrons. The summed E-state index contributed by atoms with van der Waals surface area (Å²) in [5.74, 6) is -0.726. The van der Waals surface area contributed by atoms with Gasteiger partial charge < -0.3 is 15.4 Å². The molecule has 0 atom stereocenters. The molecule has 1 aliphatic rings. The number of halogens is 4. The van der Waals surface area contributed by atoms with Gasteiger partial charge in [0.2, 0.25) is 0 Å². The molecule has 2 N–H and O–H groups in total. The number of fused-ring (bicyclic) bond motifs is 1. The summed E-state index contributed by atoms with van der Waals surface area (Å²) in [6.07, 6.45) is -6.75. The Morgan fingerprint density at radius 2 is 1.81 bits per heavy atom. The van der Waals surface area contributed by atoms with Gasteiger partial charge in [0.25, 0.3) is 0 Å². The van der Waals surface area contributed by atoms with Gasteiger partial charge in [-0.15, -0.1) is 20.5 Å². The number of hydrogen-bond acceptors (Lipinski definition) is 4. The molecule has 0 fully saturated rings. The molecule has 0 spiro atoms. The van der Waals surface area contributed by atoms with Crippen LogP contribution in [0.2, 0.25) is 0 Å². The first-order valence-corrected chi connectivity index (χ1v) is 8.88. The molecule has 2 amide bonds. The third-order valence-corrected chi connectivity index (χ3v) is 4.38. The van der Waals surface area contributed by atoms with Crippen LogP contribution in [0.15, 0.2) is 47.4 Å².